The Morgan fingerprint density at radius 1 is 1.00 bits per heavy atom. The van der Waals surface area contributed by atoms with Gasteiger partial charge in [0.1, 0.15) is 6.10 Å². The van der Waals surface area contributed by atoms with Crippen LogP contribution >= 0.6 is 0 Å². The molecule has 2 nitrogen and oxygen atoms in total. The summed E-state index contributed by atoms with van der Waals surface area (Å²) >= 11 is 0. The lowest BCUT2D eigenvalue weighted by atomic mass is 9.98. The molecule has 17 heavy (non-hydrogen) atoms. The zero-order chi connectivity index (χ0) is 12.3. The summed E-state index contributed by atoms with van der Waals surface area (Å²) in [5.41, 5.74) is 0. The molecule has 0 aromatic carbocycles. The highest BCUT2D eigenvalue weighted by atomic mass is 16.5. The van der Waals surface area contributed by atoms with Crippen LogP contribution in [-0.4, -0.2) is 12.1 Å². The van der Waals surface area contributed by atoms with Crippen LogP contribution in [0.2, 0.25) is 0 Å². The minimum absolute atomic E-state index is 0.0136. The number of hydrogen-bond acceptors (Lipinski definition) is 2. The molecule has 1 fully saturated rings. The molecule has 1 aliphatic carbocycles. The molecule has 0 N–H and O–H groups in total. The Bertz CT molecular complexity index is 193. The van der Waals surface area contributed by atoms with Crippen molar-refractivity contribution < 1.29 is 9.53 Å². The van der Waals surface area contributed by atoms with E-state index in [1.54, 1.807) is 0 Å². The van der Waals surface area contributed by atoms with Crippen LogP contribution in [0.25, 0.3) is 0 Å². The van der Waals surface area contributed by atoms with E-state index < -0.39 is 0 Å². The standard InChI is InChI=1S/C15H27O2/c1-2-3-4-10-13-15(16)17-14-11-8-6-5-7-9-12-14/h14H,1-13H2. The third kappa shape index (κ3) is 7.40. The van der Waals surface area contributed by atoms with Gasteiger partial charge in [0, 0.05) is 6.42 Å². The highest BCUT2D eigenvalue weighted by molar-refractivity contribution is 5.69. The van der Waals surface area contributed by atoms with Crippen molar-refractivity contribution in [3.05, 3.63) is 6.92 Å². The molecular weight excluding hydrogens is 212 g/mol. The predicted octanol–water partition coefficient (Wildman–Crippen LogP) is 4.43. The molecule has 1 saturated carbocycles. The van der Waals surface area contributed by atoms with E-state index in [9.17, 15) is 4.79 Å². The van der Waals surface area contributed by atoms with Crippen LogP contribution in [0.15, 0.2) is 0 Å². The molecule has 0 aliphatic heterocycles. The molecule has 1 aliphatic rings. The van der Waals surface area contributed by atoms with Gasteiger partial charge in [-0.25, -0.2) is 0 Å². The second kappa shape index (κ2) is 9.49. The van der Waals surface area contributed by atoms with Gasteiger partial charge in [-0.15, -0.1) is 0 Å². The van der Waals surface area contributed by atoms with Gasteiger partial charge in [0.05, 0.1) is 0 Å². The molecule has 1 rings (SSSR count). The van der Waals surface area contributed by atoms with Gasteiger partial charge in [0.2, 0.25) is 0 Å². The van der Waals surface area contributed by atoms with E-state index in [0.29, 0.717) is 6.42 Å². The SMILES string of the molecule is [CH2]CCCCCC(=O)OC1CCCCCCC1. The van der Waals surface area contributed by atoms with Gasteiger partial charge in [-0.3, -0.25) is 4.79 Å². The van der Waals surface area contributed by atoms with Gasteiger partial charge in [0.15, 0.2) is 0 Å². The molecule has 0 bridgehead atoms. The van der Waals surface area contributed by atoms with E-state index in [0.717, 1.165) is 38.5 Å². The third-order valence-electron chi connectivity index (χ3n) is 3.48. The smallest absolute Gasteiger partial charge is 0.306 e. The lowest BCUT2D eigenvalue weighted by Gasteiger charge is -2.20. The van der Waals surface area contributed by atoms with Gasteiger partial charge in [-0.2, -0.15) is 0 Å². The minimum Gasteiger partial charge on any atom is -0.462 e. The fourth-order valence-corrected chi connectivity index (χ4v) is 2.40. The van der Waals surface area contributed by atoms with Gasteiger partial charge in [0.25, 0.3) is 0 Å². The lowest BCUT2D eigenvalue weighted by molar-refractivity contribution is -0.150. The van der Waals surface area contributed by atoms with E-state index >= 15 is 0 Å². The fourth-order valence-electron chi connectivity index (χ4n) is 2.40. The minimum atomic E-state index is 0.0136. The van der Waals surface area contributed by atoms with Crippen LogP contribution in [0.4, 0.5) is 0 Å². The number of esters is 1. The fraction of sp³-hybridized carbons (Fsp3) is 0.867. The maximum Gasteiger partial charge on any atom is 0.306 e. The highest BCUT2D eigenvalue weighted by Crippen LogP contribution is 2.20. The van der Waals surface area contributed by atoms with Crippen LogP contribution in [-0.2, 0) is 9.53 Å². The number of unbranched alkanes of at least 4 members (excludes halogenated alkanes) is 3. The molecule has 0 amide bonds. The monoisotopic (exact) mass is 239 g/mol. The molecule has 0 saturated heterocycles. The van der Waals surface area contributed by atoms with Gasteiger partial charge in [-0.05, 0) is 32.1 Å². The van der Waals surface area contributed by atoms with Crippen LogP contribution < -0.4 is 0 Å². The van der Waals surface area contributed by atoms with Crippen molar-refractivity contribution in [3.8, 4) is 0 Å². The number of rotatable bonds is 6. The molecule has 1 radical (unpaired) electrons. The second-order valence-corrected chi connectivity index (χ2v) is 5.12. The van der Waals surface area contributed by atoms with E-state index in [1.165, 1.54) is 32.1 Å². The Kier molecular flexibility index (Phi) is 8.12. The molecule has 0 aromatic rings. The zero-order valence-corrected chi connectivity index (χ0v) is 11.1. The topological polar surface area (TPSA) is 26.3 Å². The Hall–Kier alpha value is -0.530. The molecule has 0 heterocycles. The summed E-state index contributed by atoms with van der Waals surface area (Å²) in [6, 6.07) is 0. The lowest BCUT2D eigenvalue weighted by Crippen LogP contribution is -2.19. The van der Waals surface area contributed by atoms with Crippen LogP contribution in [0.5, 0.6) is 0 Å². The van der Waals surface area contributed by atoms with Crippen molar-refractivity contribution in [1.29, 1.82) is 0 Å². The molecular formula is C15H27O2. The molecule has 0 unspecified atom stereocenters. The first-order valence-corrected chi connectivity index (χ1v) is 7.31. The molecule has 0 aromatic heterocycles. The van der Waals surface area contributed by atoms with Gasteiger partial charge < -0.3 is 4.74 Å². The number of ether oxygens (including phenoxy) is 1. The predicted molar refractivity (Wildman–Crippen MR) is 70.6 cm³/mol. The number of carbonyl (C=O) groups is 1. The molecule has 0 spiro atoms. The van der Waals surface area contributed by atoms with Crippen molar-refractivity contribution in [1.82, 2.24) is 0 Å². The van der Waals surface area contributed by atoms with Crippen LogP contribution in [0.1, 0.15) is 77.0 Å². The average molecular weight is 239 g/mol. The summed E-state index contributed by atoms with van der Waals surface area (Å²) in [6.45, 7) is 3.80. The maximum atomic E-state index is 11.6. The van der Waals surface area contributed by atoms with Crippen molar-refractivity contribution >= 4 is 5.97 Å². The van der Waals surface area contributed by atoms with Crippen molar-refractivity contribution in [2.45, 2.75) is 83.2 Å². The van der Waals surface area contributed by atoms with Crippen molar-refractivity contribution in [3.63, 3.8) is 0 Å². The summed E-state index contributed by atoms with van der Waals surface area (Å²) in [5.74, 6) is 0.0136. The Labute approximate surface area is 106 Å². The largest absolute Gasteiger partial charge is 0.462 e. The first kappa shape index (κ1) is 14.5. The number of hydrogen-bond donors (Lipinski definition) is 0. The van der Waals surface area contributed by atoms with Crippen molar-refractivity contribution in [2.75, 3.05) is 0 Å². The normalized spacial score (nSPS) is 18.4. The first-order chi connectivity index (χ1) is 8.33. The molecule has 99 valence electrons. The van der Waals surface area contributed by atoms with E-state index in [2.05, 4.69) is 6.92 Å². The summed E-state index contributed by atoms with van der Waals surface area (Å²) in [7, 11) is 0. The maximum absolute atomic E-state index is 11.6. The van der Waals surface area contributed by atoms with E-state index in [1.807, 2.05) is 0 Å². The second-order valence-electron chi connectivity index (χ2n) is 5.12. The molecule has 0 atom stereocenters. The Morgan fingerprint density at radius 2 is 1.65 bits per heavy atom. The number of carbonyl (C=O) groups excluding carboxylic acids is 1. The highest BCUT2D eigenvalue weighted by Gasteiger charge is 2.15. The van der Waals surface area contributed by atoms with E-state index in [-0.39, 0.29) is 12.1 Å². The van der Waals surface area contributed by atoms with Crippen LogP contribution in [0.3, 0.4) is 0 Å². The van der Waals surface area contributed by atoms with Crippen LogP contribution in [0, 0.1) is 6.92 Å². The average Bonchev–Trinajstić information content (AvgIpc) is 2.28. The Morgan fingerprint density at radius 3 is 2.29 bits per heavy atom. The van der Waals surface area contributed by atoms with Crippen molar-refractivity contribution in [2.24, 2.45) is 0 Å². The first-order valence-electron chi connectivity index (χ1n) is 7.31. The third-order valence-corrected chi connectivity index (χ3v) is 3.48. The summed E-state index contributed by atoms with van der Waals surface area (Å²) < 4.78 is 5.55. The van der Waals surface area contributed by atoms with Gasteiger partial charge in [-0.1, -0.05) is 45.4 Å². The summed E-state index contributed by atoms with van der Waals surface area (Å²) in [6.07, 6.45) is 13.5. The van der Waals surface area contributed by atoms with Gasteiger partial charge >= 0.3 is 5.97 Å². The summed E-state index contributed by atoms with van der Waals surface area (Å²) in [4.78, 5) is 11.6. The zero-order valence-electron chi connectivity index (χ0n) is 11.1. The summed E-state index contributed by atoms with van der Waals surface area (Å²) in [5, 5.41) is 0. The Balaban J connectivity index is 2.10. The quantitative estimate of drug-likeness (QED) is 0.506. The molecule has 2 heteroatoms. The van der Waals surface area contributed by atoms with E-state index in [4.69, 9.17) is 4.74 Å².